The van der Waals surface area contributed by atoms with E-state index in [1.54, 1.807) is 0 Å². The smallest absolute Gasteiger partial charge is 0.405 e. The lowest BCUT2D eigenvalue weighted by molar-refractivity contribution is -0.274. The topological polar surface area (TPSA) is 9.23 Å². The van der Waals surface area contributed by atoms with Crippen molar-refractivity contribution in [3.63, 3.8) is 0 Å². The first kappa shape index (κ1) is 9.83. The van der Waals surface area contributed by atoms with Crippen LogP contribution in [-0.4, -0.2) is 6.36 Å². The highest BCUT2D eigenvalue weighted by molar-refractivity contribution is 5.36. The number of rotatable bonds is 1. The van der Waals surface area contributed by atoms with Crippen molar-refractivity contribution in [2.75, 3.05) is 0 Å². The molecule has 0 unspecified atom stereocenters. The molecule has 0 aliphatic heterocycles. The molecule has 1 aromatic rings. The maximum Gasteiger partial charge on any atom is 0.573 e. The molecule has 0 bridgehead atoms. The minimum absolute atomic E-state index is 0.141. The summed E-state index contributed by atoms with van der Waals surface area (Å²) >= 11 is 0. The van der Waals surface area contributed by atoms with Gasteiger partial charge in [-0.25, -0.2) is 4.39 Å². The molecule has 1 rings (SSSR count). The second kappa shape index (κ2) is 3.24. The quantitative estimate of drug-likeness (QED) is 0.623. The number of ether oxygens (including phenoxy) is 1. The number of halogens is 4. The molecule has 1 aromatic carbocycles. The maximum absolute atomic E-state index is 12.4. The van der Waals surface area contributed by atoms with Crippen molar-refractivity contribution in [2.24, 2.45) is 0 Å². The summed E-state index contributed by atoms with van der Waals surface area (Å²) in [6, 6.07) is 2.61. The van der Waals surface area contributed by atoms with Crippen LogP contribution in [0.5, 0.6) is 5.75 Å². The van der Waals surface area contributed by atoms with Crippen molar-refractivity contribution in [3.05, 3.63) is 36.5 Å². The lowest BCUT2D eigenvalue weighted by Crippen LogP contribution is -2.17. The first-order valence-electron chi connectivity index (χ1n) is 3.26. The molecule has 13 heavy (non-hydrogen) atoms. The molecule has 1 radical (unpaired) electrons. The molecular formula is C8H5F4O. The van der Waals surface area contributed by atoms with Crippen molar-refractivity contribution >= 4 is 0 Å². The van der Waals surface area contributed by atoms with E-state index in [9.17, 15) is 17.6 Å². The predicted molar refractivity (Wildman–Crippen MR) is 37.5 cm³/mol. The summed E-state index contributed by atoms with van der Waals surface area (Å²) in [4.78, 5) is 0. The molecule has 0 aliphatic rings. The third-order valence-corrected chi connectivity index (χ3v) is 1.25. The Bertz CT molecular complexity index is 306. The van der Waals surface area contributed by atoms with E-state index >= 15 is 0 Å². The zero-order valence-corrected chi connectivity index (χ0v) is 6.36. The molecule has 0 spiro atoms. The molecule has 71 valence electrons. The van der Waals surface area contributed by atoms with Crippen LogP contribution in [0.2, 0.25) is 0 Å². The Kier molecular flexibility index (Phi) is 2.45. The summed E-state index contributed by atoms with van der Waals surface area (Å²) in [6.45, 7) is 3.20. The Hall–Kier alpha value is -1.26. The van der Waals surface area contributed by atoms with Gasteiger partial charge in [0.2, 0.25) is 0 Å². The average molecular weight is 193 g/mol. The maximum atomic E-state index is 12.4. The molecule has 0 fully saturated rings. The molecule has 0 aromatic heterocycles. The molecule has 0 saturated carbocycles. The van der Waals surface area contributed by atoms with Crippen molar-refractivity contribution in [1.29, 1.82) is 0 Å². The van der Waals surface area contributed by atoms with Crippen molar-refractivity contribution < 1.29 is 22.3 Å². The fourth-order valence-corrected chi connectivity index (χ4v) is 0.772. The highest BCUT2D eigenvalue weighted by atomic mass is 19.4. The van der Waals surface area contributed by atoms with Crippen LogP contribution in [-0.2, 0) is 0 Å². The Balaban J connectivity index is 2.90. The summed E-state index contributed by atoms with van der Waals surface area (Å²) in [5.74, 6) is -1.14. The van der Waals surface area contributed by atoms with Gasteiger partial charge in [-0.2, -0.15) is 0 Å². The number of hydrogen-bond donors (Lipinski definition) is 0. The first-order valence-corrected chi connectivity index (χ1v) is 3.26. The van der Waals surface area contributed by atoms with Crippen LogP contribution in [0.15, 0.2) is 18.2 Å². The fourth-order valence-electron chi connectivity index (χ4n) is 0.772. The van der Waals surface area contributed by atoms with Crippen molar-refractivity contribution in [2.45, 2.75) is 6.36 Å². The van der Waals surface area contributed by atoms with Gasteiger partial charge in [0.15, 0.2) is 0 Å². The summed E-state index contributed by atoms with van der Waals surface area (Å²) in [5, 5.41) is 0. The van der Waals surface area contributed by atoms with Crippen LogP contribution in [0.25, 0.3) is 0 Å². The van der Waals surface area contributed by atoms with Gasteiger partial charge >= 0.3 is 6.36 Å². The van der Waals surface area contributed by atoms with Gasteiger partial charge in [0.1, 0.15) is 11.6 Å². The Morgan fingerprint density at radius 3 is 2.31 bits per heavy atom. The van der Waals surface area contributed by atoms with Gasteiger partial charge in [-0.15, -0.1) is 13.2 Å². The third kappa shape index (κ3) is 2.93. The zero-order chi connectivity index (χ0) is 10.1. The molecule has 0 N–H and O–H groups in total. The highest BCUT2D eigenvalue weighted by Crippen LogP contribution is 2.25. The summed E-state index contributed by atoms with van der Waals surface area (Å²) in [5.41, 5.74) is -0.141. The summed E-state index contributed by atoms with van der Waals surface area (Å²) < 4.78 is 51.0. The largest absolute Gasteiger partial charge is 0.573 e. The van der Waals surface area contributed by atoms with Crippen molar-refractivity contribution in [3.8, 4) is 5.75 Å². The molecular weight excluding hydrogens is 188 g/mol. The van der Waals surface area contributed by atoms with E-state index in [4.69, 9.17) is 0 Å². The fraction of sp³-hybridized carbons (Fsp3) is 0.125. The van der Waals surface area contributed by atoms with Gasteiger partial charge in [-0.3, -0.25) is 0 Å². The lowest BCUT2D eigenvalue weighted by Gasteiger charge is -2.10. The number of alkyl halides is 3. The SMILES string of the molecule is [CH2]c1cc(F)ccc1OC(F)(F)F. The van der Waals surface area contributed by atoms with Crippen LogP contribution in [0, 0.1) is 12.7 Å². The first-order chi connectivity index (χ1) is 5.88. The second-order valence-corrected chi connectivity index (χ2v) is 2.30. The van der Waals surface area contributed by atoms with Gasteiger partial charge in [0.05, 0.1) is 0 Å². The lowest BCUT2D eigenvalue weighted by atomic mass is 10.2. The van der Waals surface area contributed by atoms with E-state index in [0.717, 1.165) is 18.2 Å². The van der Waals surface area contributed by atoms with Gasteiger partial charge in [-0.05, 0) is 30.7 Å². The average Bonchev–Trinajstić information content (AvgIpc) is 1.93. The van der Waals surface area contributed by atoms with Gasteiger partial charge < -0.3 is 4.74 Å². The Morgan fingerprint density at radius 1 is 1.23 bits per heavy atom. The van der Waals surface area contributed by atoms with Gasteiger partial charge in [-0.1, -0.05) is 0 Å². The monoisotopic (exact) mass is 193 g/mol. The predicted octanol–water partition coefficient (Wildman–Crippen LogP) is 2.91. The highest BCUT2D eigenvalue weighted by Gasteiger charge is 2.31. The van der Waals surface area contributed by atoms with E-state index < -0.39 is 17.9 Å². The Labute approximate surface area is 71.9 Å². The second-order valence-electron chi connectivity index (χ2n) is 2.30. The zero-order valence-electron chi connectivity index (χ0n) is 6.36. The van der Waals surface area contributed by atoms with E-state index in [1.165, 1.54) is 0 Å². The molecule has 0 amide bonds. The third-order valence-electron chi connectivity index (χ3n) is 1.25. The molecule has 1 nitrogen and oxygen atoms in total. The number of benzene rings is 1. The van der Waals surface area contributed by atoms with Crippen LogP contribution >= 0.6 is 0 Å². The number of hydrogen-bond acceptors (Lipinski definition) is 1. The van der Waals surface area contributed by atoms with Gasteiger partial charge in [0.25, 0.3) is 0 Å². The van der Waals surface area contributed by atoms with E-state index in [1.807, 2.05) is 0 Å². The molecule has 5 heteroatoms. The Morgan fingerprint density at radius 2 is 1.85 bits per heavy atom. The minimum Gasteiger partial charge on any atom is -0.405 e. The summed E-state index contributed by atoms with van der Waals surface area (Å²) in [6.07, 6.45) is -4.77. The van der Waals surface area contributed by atoms with Crippen molar-refractivity contribution in [1.82, 2.24) is 0 Å². The van der Waals surface area contributed by atoms with E-state index in [2.05, 4.69) is 11.7 Å². The van der Waals surface area contributed by atoms with Crippen LogP contribution in [0.4, 0.5) is 17.6 Å². The molecule has 0 atom stereocenters. The standard InChI is InChI=1S/C8H5F4O/c1-5-4-6(9)2-3-7(5)13-8(10,11)12/h2-4H,1H2. The normalized spacial score (nSPS) is 11.5. The molecule has 0 saturated heterocycles. The molecule has 0 heterocycles. The van der Waals surface area contributed by atoms with Gasteiger partial charge in [0, 0.05) is 0 Å². The summed E-state index contributed by atoms with van der Waals surface area (Å²) in [7, 11) is 0. The van der Waals surface area contributed by atoms with Crippen LogP contribution in [0.3, 0.4) is 0 Å². The molecule has 0 aliphatic carbocycles. The van der Waals surface area contributed by atoms with Crippen LogP contribution < -0.4 is 4.74 Å². The van der Waals surface area contributed by atoms with E-state index in [-0.39, 0.29) is 5.56 Å². The van der Waals surface area contributed by atoms with Crippen LogP contribution in [0.1, 0.15) is 5.56 Å². The van der Waals surface area contributed by atoms with E-state index in [0.29, 0.717) is 0 Å². The minimum atomic E-state index is -4.77.